The Kier molecular flexibility index (Phi) is 3.69. The maximum Gasteiger partial charge on any atom is 0.223 e. The first-order valence-electron chi connectivity index (χ1n) is 6.45. The van der Waals surface area contributed by atoms with Gasteiger partial charge in [0.2, 0.25) is 5.91 Å². The maximum atomic E-state index is 12.8. The summed E-state index contributed by atoms with van der Waals surface area (Å²) in [6.45, 7) is 4.04. The van der Waals surface area contributed by atoms with Crippen molar-refractivity contribution in [3.8, 4) is 0 Å². The second kappa shape index (κ2) is 5.11. The van der Waals surface area contributed by atoms with Crippen LogP contribution >= 0.6 is 0 Å². The van der Waals surface area contributed by atoms with E-state index >= 15 is 0 Å². The summed E-state index contributed by atoms with van der Waals surface area (Å²) in [6.07, 6.45) is 1.34. The quantitative estimate of drug-likeness (QED) is 0.839. The maximum absolute atomic E-state index is 12.8. The van der Waals surface area contributed by atoms with Crippen LogP contribution in [0.4, 0.5) is 4.39 Å². The van der Waals surface area contributed by atoms with Crippen LogP contribution < -0.4 is 0 Å². The summed E-state index contributed by atoms with van der Waals surface area (Å²) >= 11 is 0. The van der Waals surface area contributed by atoms with Gasteiger partial charge in [-0.1, -0.05) is 12.1 Å². The van der Waals surface area contributed by atoms with Crippen LogP contribution in [0.2, 0.25) is 0 Å². The van der Waals surface area contributed by atoms with Gasteiger partial charge in [0.05, 0.1) is 6.54 Å². The first kappa shape index (κ1) is 13.7. The Bertz CT molecular complexity index is 493. The lowest BCUT2D eigenvalue weighted by molar-refractivity contribution is -0.135. The molecule has 1 heterocycles. The van der Waals surface area contributed by atoms with E-state index in [1.807, 2.05) is 13.8 Å². The van der Waals surface area contributed by atoms with E-state index < -0.39 is 0 Å². The third kappa shape index (κ3) is 3.19. The Hall–Kier alpha value is -1.71. The van der Waals surface area contributed by atoms with Crippen LogP contribution in [0.3, 0.4) is 0 Å². The van der Waals surface area contributed by atoms with Crippen LogP contribution in [0.5, 0.6) is 0 Å². The largest absolute Gasteiger partial charge is 0.330 e. The highest BCUT2D eigenvalue weighted by Gasteiger charge is 2.39. The van der Waals surface area contributed by atoms with E-state index in [9.17, 15) is 14.0 Å². The molecule has 1 fully saturated rings. The van der Waals surface area contributed by atoms with Gasteiger partial charge in [-0.25, -0.2) is 4.39 Å². The molecule has 0 bridgehead atoms. The Morgan fingerprint density at radius 1 is 1.32 bits per heavy atom. The van der Waals surface area contributed by atoms with Crippen molar-refractivity contribution in [1.82, 2.24) is 4.90 Å². The fraction of sp³-hybridized carbons (Fsp3) is 0.467. The molecule has 2 rings (SSSR count). The number of carbonyl (C=O) groups excluding carboxylic acids is 2. The molecule has 19 heavy (non-hydrogen) atoms. The van der Waals surface area contributed by atoms with Gasteiger partial charge in [0.25, 0.3) is 0 Å². The zero-order chi connectivity index (χ0) is 14.0. The van der Waals surface area contributed by atoms with Crippen molar-refractivity contribution in [2.75, 3.05) is 6.54 Å². The molecule has 0 saturated carbocycles. The number of rotatable bonds is 3. The van der Waals surface area contributed by atoms with Crippen molar-refractivity contribution in [2.24, 2.45) is 0 Å². The number of hydrogen-bond acceptors (Lipinski definition) is 2. The first-order valence-corrected chi connectivity index (χ1v) is 6.45. The number of carbonyl (C=O) groups is 2. The van der Waals surface area contributed by atoms with Crippen LogP contribution in [-0.2, 0) is 16.0 Å². The van der Waals surface area contributed by atoms with Crippen molar-refractivity contribution >= 4 is 11.7 Å². The summed E-state index contributed by atoms with van der Waals surface area (Å²) in [5.74, 6) is -0.179. The topological polar surface area (TPSA) is 37.4 Å². The molecule has 0 spiro atoms. The molecule has 0 atom stereocenters. The van der Waals surface area contributed by atoms with Gasteiger partial charge in [-0.05, 0) is 38.0 Å². The van der Waals surface area contributed by atoms with Crippen molar-refractivity contribution in [3.63, 3.8) is 0 Å². The number of likely N-dealkylation sites (tertiary alicyclic amines) is 1. The van der Waals surface area contributed by atoms with Crippen molar-refractivity contribution in [3.05, 3.63) is 35.6 Å². The molecule has 102 valence electrons. The molecule has 0 radical (unpaired) electrons. The Balaban J connectivity index is 1.95. The summed E-state index contributed by atoms with van der Waals surface area (Å²) in [5, 5.41) is 0. The number of benzene rings is 1. The standard InChI is InChI=1S/C15H18FNO2/c1-15(2)9-13(18)10-17(15)14(19)8-5-11-3-6-12(16)7-4-11/h3-4,6-7H,5,8-10H2,1-2H3. The lowest BCUT2D eigenvalue weighted by atomic mass is 10.0. The number of hydrogen-bond donors (Lipinski definition) is 0. The zero-order valence-electron chi connectivity index (χ0n) is 11.3. The highest BCUT2D eigenvalue weighted by atomic mass is 19.1. The molecular weight excluding hydrogens is 245 g/mol. The predicted octanol–water partition coefficient (Wildman–Crippen LogP) is 2.34. The normalized spacial score (nSPS) is 17.8. The minimum Gasteiger partial charge on any atom is -0.330 e. The molecule has 1 amide bonds. The van der Waals surface area contributed by atoms with E-state index in [0.29, 0.717) is 19.3 Å². The SMILES string of the molecule is CC1(C)CC(=O)CN1C(=O)CCc1ccc(F)cc1. The van der Waals surface area contributed by atoms with Gasteiger partial charge in [0, 0.05) is 18.4 Å². The third-order valence-electron chi connectivity index (χ3n) is 3.54. The number of ketones is 1. The predicted molar refractivity (Wildman–Crippen MR) is 70.1 cm³/mol. The van der Waals surface area contributed by atoms with E-state index in [-0.39, 0.29) is 29.6 Å². The lowest BCUT2D eigenvalue weighted by Gasteiger charge is -2.30. The molecule has 4 heteroatoms. The third-order valence-corrected chi connectivity index (χ3v) is 3.54. The monoisotopic (exact) mass is 263 g/mol. The molecule has 0 aromatic heterocycles. The Morgan fingerprint density at radius 2 is 1.95 bits per heavy atom. The highest BCUT2D eigenvalue weighted by Crippen LogP contribution is 2.26. The van der Waals surface area contributed by atoms with Gasteiger partial charge in [0.15, 0.2) is 5.78 Å². The van der Waals surface area contributed by atoms with E-state index in [2.05, 4.69) is 0 Å². The van der Waals surface area contributed by atoms with Crippen LogP contribution in [0.1, 0.15) is 32.3 Å². The minimum atomic E-state index is -0.378. The lowest BCUT2D eigenvalue weighted by Crippen LogP contribution is -2.42. The summed E-state index contributed by atoms with van der Waals surface area (Å²) in [5.41, 5.74) is 0.551. The molecule has 1 aromatic rings. The van der Waals surface area contributed by atoms with Gasteiger partial charge < -0.3 is 4.90 Å². The molecule has 1 saturated heterocycles. The molecule has 0 aliphatic carbocycles. The molecule has 0 N–H and O–H groups in total. The summed E-state index contributed by atoms with van der Waals surface area (Å²) in [6, 6.07) is 6.15. The highest BCUT2D eigenvalue weighted by molar-refractivity contribution is 5.91. The van der Waals surface area contributed by atoms with Gasteiger partial charge in [-0.15, -0.1) is 0 Å². The molecule has 0 unspecified atom stereocenters. The first-order chi connectivity index (χ1) is 8.88. The molecule has 1 aliphatic rings. The Labute approximate surface area is 112 Å². The smallest absolute Gasteiger partial charge is 0.223 e. The van der Waals surface area contributed by atoms with E-state index in [0.717, 1.165) is 5.56 Å². The minimum absolute atomic E-state index is 0.0137. The average Bonchev–Trinajstić information content (AvgIpc) is 2.61. The number of amides is 1. The second-order valence-corrected chi connectivity index (χ2v) is 5.63. The number of Topliss-reactive ketones (excluding diaryl/α,β-unsaturated/α-hetero) is 1. The van der Waals surface area contributed by atoms with Gasteiger partial charge in [-0.3, -0.25) is 9.59 Å². The molecule has 3 nitrogen and oxygen atoms in total. The van der Waals surface area contributed by atoms with E-state index in [4.69, 9.17) is 0 Å². The van der Waals surface area contributed by atoms with Crippen LogP contribution in [0.15, 0.2) is 24.3 Å². The Morgan fingerprint density at radius 3 is 2.47 bits per heavy atom. The number of halogens is 1. The fourth-order valence-corrected chi connectivity index (χ4v) is 2.49. The summed E-state index contributed by atoms with van der Waals surface area (Å²) in [7, 11) is 0. The summed E-state index contributed by atoms with van der Waals surface area (Å²) in [4.78, 5) is 25.2. The zero-order valence-corrected chi connectivity index (χ0v) is 11.3. The summed E-state index contributed by atoms with van der Waals surface area (Å²) < 4.78 is 12.8. The fourth-order valence-electron chi connectivity index (χ4n) is 2.49. The van der Waals surface area contributed by atoms with Crippen molar-refractivity contribution in [1.29, 1.82) is 0 Å². The van der Waals surface area contributed by atoms with Gasteiger partial charge >= 0.3 is 0 Å². The molecule has 1 aliphatic heterocycles. The van der Waals surface area contributed by atoms with Crippen LogP contribution in [-0.4, -0.2) is 28.7 Å². The second-order valence-electron chi connectivity index (χ2n) is 5.63. The van der Waals surface area contributed by atoms with Gasteiger partial charge in [-0.2, -0.15) is 0 Å². The number of nitrogens with zero attached hydrogens (tertiary/aromatic N) is 1. The van der Waals surface area contributed by atoms with Crippen LogP contribution in [0, 0.1) is 5.82 Å². The van der Waals surface area contributed by atoms with E-state index in [1.165, 1.54) is 12.1 Å². The van der Waals surface area contributed by atoms with Crippen molar-refractivity contribution < 1.29 is 14.0 Å². The molecular formula is C15H18FNO2. The van der Waals surface area contributed by atoms with E-state index in [1.54, 1.807) is 17.0 Å². The molecule has 1 aromatic carbocycles. The van der Waals surface area contributed by atoms with Gasteiger partial charge in [0.1, 0.15) is 5.82 Å². The number of aryl methyl sites for hydroxylation is 1. The average molecular weight is 263 g/mol. The van der Waals surface area contributed by atoms with Crippen molar-refractivity contribution in [2.45, 2.75) is 38.6 Å². The van der Waals surface area contributed by atoms with Crippen LogP contribution in [0.25, 0.3) is 0 Å².